The van der Waals surface area contributed by atoms with Gasteiger partial charge in [-0.2, -0.15) is 0 Å². The van der Waals surface area contributed by atoms with Gasteiger partial charge in [-0.1, -0.05) is 212 Å². The van der Waals surface area contributed by atoms with Gasteiger partial charge in [-0.15, -0.1) is 0 Å². The minimum atomic E-state index is 1.08. The van der Waals surface area contributed by atoms with Crippen molar-refractivity contribution in [3.63, 3.8) is 0 Å². The van der Waals surface area contributed by atoms with Gasteiger partial charge in [0.1, 0.15) is 0 Å². The summed E-state index contributed by atoms with van der Waals surface area (Å²) in [6.07, 6.45) is 0. The Labute approximate surface area is 357 Å². The second-order valence-corrected chi connectivity index (χ2v) is 15.7. The lowest BCUT2D eigenvalue weighted by molar-refractivity contribution is 1.28. The summed E-state index contributed by atoms with van der Waals surface area (Å²) in [4.78, 5) is 2.42. The molecule has 0 aromatic heterocycles. The number of benzene rings is 11. The lowest BCUT2D eigenvalue weighted by Gasteiger charge is -2.28. The van der Waals surface area contributed by atoms with E-state index in [4.69, 9.17) is 0 Å². The van der Waals surface area contributed by atoms with Gasteiger partial charge in [0.15, 0.2) is 0 Å². The van der Waals surface area contributed by atoms with E-state index >= 15 is 0 Å². The SMILES string of the molecule is c1ccc(-c2ccc(-c3ccccc3N(c3ccc(-c4c(-c5ccccc5)ccc5ccccc45)cc3)c3cccc(-c4ccc5c(ccc6ccccc65)c4)c3)cc2)cc1. The third-order valence-corrected chi connectivity index (χ3v) is 12.1. The highest BCUT2D eigenvalue weighted by Gasteiger charge is 2.19. The van der Waals surface area contributed by atoms with Crippen LogP contribution in [0.5, 0.6) is 0 Å². The normalized spacial score (nSPS) is 11.3. The maximum Gasteiger partial charge on any atom is 0.0540 e. The summed E-state index contributed by atoms with van der Waals surface area (Å²) < 4.78 is 0. The Morgan fingerprint density at radius 3 is 1.52 bits per heavy atom. The van der Waals surface area contributed by atoms with Gasteiger partial charge in [0.2, 0.25) is 0 Å². The smallest absolute Gasteiger partial charge is 0.0540 e. The Kier molecular flexibility index (Phi) is 9.26. The molecule has 286 valence electrons. The van der Waals surface area contributed by atoms with Crippen LogP contribution in [0.3, 0.4) is 0 Å². The first-order valence-electron chi connectivity index (χ1n) is 21.0. The number of hydrogen-bond acceptors (Lipinski definition) is 1. The standard InChI is InChI=1S/C60H41N/c1-3-14-42(15-4-1)43-26-28-47(29-27-43)56-23-11-12-25-59(56)61(53-21-13-20-49(41-53)50-35-38-55-51(40-50)31-30-45-18-7-9-22-54(45)55)52-36-32-48(33-37-52)60-57-24-10-8-19-46(57)34-39-58(60)44-16-5-2-6-17-44/h1-41H. The first kappa shape index (κ1) is 36.1. The maximum atomic E-state index is 2.42. The van der Waals surface area contributed by atoms with Crippen LogP contribution in [0.1, 0.15) is 0 Å². The summed E-state index contributed by atoms with van der Waals surface area (Å²) >= 11 is 0. The molecule has 1 nitrogen and oxygen atoms in total. The molecule has 0 atom stereocenters. The van der Waals surface area contributed by atoms with Crippen LogP contribution in [0.15, 0.2) is 249 Å². The lowest BCUT2D eigenvalue weighted by atomic mass is 9.89. The average Bonchev–Trinajstić information content (AvgIpc) is 3.34. The van der Waals surface area contributed by atoms with Crippen LogP contribution in [0.4, 0.5) is 17.1 Å². The van der Waals surface area contributed by atoms with Gasteiger partial charge < -0.3 is 4.90 Å². The van der Waals surface area contributed by atoms with Crippen LogP contribution in [-0.4, -0.2) is 0 Å². The Bertz CT molecular complexity index is 3330. The van der Waals surface area contributed by atoms with Gasteiger partial charge in [0.25, 0.3) is 0 Å². The summed E-state index contributed by atoms with van der Waals surface area (Å²) in [5.74, 6) is 0. The molecular weight excluding hydrogens is 735 g/mol. The zero-order valence-corrected chi connectivity index (χ0v) is 33.6. The number of hydrogen-bond donors (Lipinski definition) is 0. The first-order valence-corrected chi connectivity index (χ1v) is 21.0. The van der Waals surface area contributed by atoms with Gasteiger partial charge in [-0.25, -0.2) is 0 Å². The largest absolute Gasteiger partial charge is 0.310 e. The van der Waals surface area contributed by atoms with Crippen LogP contribution in [-0.2, 0) is 0 Å². The van der Waals surface area contributed by atoms with E-state index in [0.717, 1.165) is 28.2 Å². The number of nitrogens with zero attached hydrogens (tertiary/aromatic N) is 1. The van der Waals surface area contributed by atoms with Gasteiger partial charge in [-0.3, -0.25) is 0 Å². The molecule has 0 fully saturated rings. The summed E-state index contributed by atoms with van der Waals surface area (Å²) in [5, 5.41) is 7.53. The molecule has 0 N–H and O–H groups in total. The minimum absolute atomic E-state index is 1.08. The molecule has 0 spiro atoms. The van der Waals surface area contributed by atoms with E-state index in [-0.39, 0.29) is 0 Å². The fraction of sp³-hybridized carbons (Fsp3) is 0. The van der Waals surface area contributed by atoms with Crippen LogP contribution >= 0.6 is 0 Å². The molecule has 1 heteroatoms. The Morgan fingerprint density at radius 2 is 0.738 bits per heavy atom. The van der Waals surface area contributed by atoms with E-state index in [9.17, 15) is 0 Å². The van der Waals surface area contributed by atoms with E-state index < -0.39 is 0 Å². The molecule has 0 amide bonds. The molecule has 11 rings (SSSR count). The Balaban J connectivity index is 1.06. The van der Waals surface area contributed by atoms with Gasteiger partial charge in [-0.05, 0) is 119 Å². The fourth-order valence-electron chi connectivity index (χ4n) is 9.05. The average molecular weight is 776 g/mol. The molecule has 0 radical (unpaired) electrons. The maximum absolute atomic E-state index is 2.42. The molecule has 11 aromatic carbocycles. The summed E-state index contributed by atoms with van der Waals surface area (Å²) in [5.41, 5.74) is 15.2. The number of para-hydroxylation sites is 1. The molecular formula is C60H41N. The van der Waals surface area contributed by atoms with Gasteiger partial charge >= 0.3 is 0 Å². The molecule has 0 bridgehead atoms. The van der Waals surface area contributed by atoms with Crippen molar-refractivity contribution in [1.82, 2.24) is 0 Å². The molecule has 0 aliphatic heterocycles. The Hall–Kier alpha value is -8.00. The highest BCUT2D eigenvalue weighted by atomic mass is 15.1. The highest BCUT2D eigenvalue weighted by Crippen LogP contribution is 2.44. The predicted molar refractivity (Wildman–Crippen MR) is 261 cm³/mol. The highest BCUT2D eigenvalue weighted by molar-refractivity contribution is 6.09. The third-order valence-electron chi connectivity index (χ3n) is 12.1. The van der Waals surface area contributed by atoms with E-state index in [2.05, 4.69) is 254 Å². The van der Waals surface area contributed by atoms with E-state index in [1.807, 2.05) is 0 Å². The summed E-state index contributed by atoms with van der Waals surface area (Å²) in [7, 11) is 0. The monoisotopic (exact) mass is 775 g/mol. The van der Waals surface area contributed by atoms with Crippen molar-refractivity contribution in [1.29, 1.82) is 0 Å². The zero-order chi connectivity index (χ0) is 40.5. The molecule has 0 aliphatic carbocycles. The van der Waals surface area contributed by atoms with Crippen molar-refractivity contribution >= 4 is 49.4 Å². The molecule has 11 aromatic rings. The van der Waals surface area contributed by atoms with Crippen molar-refractivity contribution < 1.29 is 0 Å². The van der Waals surface area contributed by atoms with Gasteiger partial charge in [0.05, 0.1) is 5.69 Å². The second kappa shape index (κ2) is 15.6. The predicted octanol–water partition coefficient (Wildman–Crippen LogP) is 17.0. The van der Waals surface area contributed by atoms with E-state index in [0.29, 0.717) is 0 Å². The van der Waals surface area contributed by atoms with Gasteiger partial charge in [0, 0.05) is 16.9 Å². The molecule has 0 aliphatic rings. The first-order chi connectivity index (χ1) is 30.2. The third kappa shape index (κ3) is 6.83. The zero-order valence-electron chi connectivity index (χ0n) is 33.6. The number of rotatable bonds is 8. The van der Waals surface area contributed by atoms with E-state index in [1.54, 1.807) is 0 Å². The van der Waals surface area contributed by atoms with Crippen LogP contribution in [0, 0.1) is 0 Å². The summed E-state index contributed by atoms with van der Waals surface area (Å²) in [6, 6.07) is 90.5. The van der Waals surface area contributed by atoms with Crippen molar-refractivity contribution in [3.05, 3.63) is 249 Å². The van der Waals surface area contributed by atoms with Crippen LogP contribution in [0.25, 0.3) is 88.0 Å². The number of anilines is 3. The minimum Gasteiger partial charge on any atom is -0.310 e. The van der Waals surface area contributed by atoms with Crippen molar-refractivity contribution in [3.8, 4) is 55.6 Å². The fourth-order valence-corrected chi connectivity index (χ4v) is 9.05. The van der Waals surface area contributed by atoms with Crippen molar-refractivity contribution in [2.24, 2.45) is 0 Å². The van der Waals surface area contributed by atoms with E-state index in [1.165, 1.54) is 76.8 Å². The molecule has 0 saturated heterocycles. The molecule has 0 saturated carbocycles. The van der Waals surface area contributed by atoms with Crippen molar-refractivity contribution in [2.45, 2.75) is 0 Å². The quantitative estimate of drug-likeness (QED) is 0.139. The molecule has 61 heavy (non-hydrogen) atoms. The molecule has 0 unspecified atom stereocenters. The second-order valence-electron chi connectivity index (χ2n) is 15.7. The lowest BCUT2D eigenvalue weighted by Crippen LogP contribution is -2.11. The topological polar surface area (TPSA) is 3.24 Å². The number of fused-ring (bicyclic) bond motifs is 4. The molecule has 0 heterocycles. The Morgan fingerprint density at radius 1 is 0.230 bits per heavy atom. The summed E-state index contributed by atoms with van der Waals surface area (Å²) in [6.45, 7) is 0. The van der Waals surface area contributed by atoms with Crippen molar-refractivity contribution in [2.75, 3.05) is 4.90 Å². The van der Waals surface area contributed by atoms with Crippen LogP contribution in [0.2, 0.25) is 0 Å². The van der Waals surface area contributed by atoms with Crippen LogP contribution < -0.4 is 4.90 Å².